The fraction of sp³-hybridized carbons (Fsp3) is 0.267. The highest BCUT2D eigenvalue weighted by Crippen LogP contribution is 2.09. The predicted molar refractivity (Wildman–Crippen MR) is 79.9 cm³/mol. The number of carbonyl (C=O) groups is 1. The van der Waals surface area contributed by atoms with Gasteiger partial charge in [-0.2, -0.15) is 0 Å². The van der Waals surface area contributed by atoms with Gasteiger partial charge in [0, 0.05) is 20.7 Å². The first-order chi connectivity index (χ1) is 10.2. The number of amides is 1. The largest absolute Gasteiger partial charge is 0.380 e. The molecule has 0 saturated carbocycles. The zero-order chi connectivity index (χ0) is 15.1. The summed E-state index contributed by atoms with van der Waals surface area (Å²) in [5.74, 6) is 0.376. The number of ether oxygens (including phenoxy) is 1. The van der Waals surface area contributed by atoms with E-state index in [1.807, 2.05) is 18.2 Å². The summed E-state index contributed by atoms with van der Waals surface area (Å²) in [4.78, 5) is 11.4. The molecule has 2 N–H and O–H groups in total. The molecule has 21 heavy (non-hydrogen) atoms. The van der Waals surface area contributed by atoms with E-state index >= 15 is 0 Å². The van der Waals surface area contributed by atoms with Gasteiger partial charge in [-0.25, -0.2) is 0 Å². The third-order valence-corrected chi connectivity index (χ3v) is 2.90. The number of nitrogens with one attached hydrogen (secondary N) is 2. The minimum Gasteiger partial charge on any atom is -0.380 e. The summed E-state index contributed by atoms with van der Waals surface area (Å²) in [7, 11) is 3.23. The molecule has 0 radical (unpaired) electrons. The maximum absolute atomic E-state index is 11.4. The number of benzene rings is 1. The first kappa shape index (κ1) is 14.9. The van der Waals surface area contributed by atoms with Crippen LogP contribution in [-0.2, 0) is 17.9 Å². The van der Waals surface area contributed by atoms with Crippen LogP contribution in [0, 0.1) is 0 Å². The Kier molecular flexibility index (Phi) is 5.22. The predicted octanol–water partition coefficient (Wildman–Crippen LogP) is 1.59. The van der Waals surface area contributed by atoms with Crippen LogP contribution >= 0.6 is 0 Å². The van der Waals surface area contributed by atoms with Crippen LogP contribution in [0.4, 0.5) is 5.82 Å². The first-order valence-corrected chi connectivity index (χ1v) is 6.59. The lowest BCUT2D eigenvalue weighted by Crippen LogP contribution is -2.19. The van der Waals surface area contributed by atoms with Crippen LogP contribution in [0.25, 0.3) is 0 Å². The van der Waals surface area contributed by atoms with Crippen LogP contribution in [-0.4, -0.2) is 30.3 Å². The Bertz CT molecular complexity index is 599. The summed E-state index contributed by atoms with van der Waals surface area (Å²) in [6.07, 6.45) is 0. The maximum Gasteiger partial charge on any atom is 0.271 e. The van der Waals surface area contributed by atoms with Crippen molar-refractivity contribution in [3.05, 3.63) is 53.2 Å². The van der Waals surface area contributed by atoms with E-state index in [9.17, 15) is 4.79 Å². The average molecular weight is 286 g/mol. The van der Waals surface area contributed by atoms with Crippen molar-refractivity contribution in [2.75, 3.05) is 19.5 Å². The van der Waals surface area contributed by atoms with Gasteiger partial charge in [0.05, 0.1) is 6.61 Å². The molecule has 1 amide bonds. The van der Waals surface area contributed by atoms with E-state index in [1.54, 1.807) is 26.3 Å². The van der Waals surface area contributed by atoms with Crippen molar-refractivity contribution in [2.24, 2.45) is 0 Å². The Morgan fingerprint density at radius 3 is 2.67 bits per heavy atom. The standard InChI is InChI=1S/C15H18N4O2/c1-16-15(20)13-6-7-14(19-18-13)17-9-11-4-3-5-12(8-11)10-21-2/h3-8H,9-10H2,1-2H3,(H,16,20)(H,17,19). The van der Waals surface area contributed by atoms with Crippen molar-refractivity contribution in [2.45, 2.75) is 13.2 Å². The topological polar surface area (TPSA) is 76.1 Å². The molecule has 0 unspecified atom stereocenters. The lowest BCUT2D eigenvalue weighted by Gasteiger charge is -2.07. The van der Waals surface area contributed by atoms with E-state index in [-0.39, 0.29) is 5.91 Å². The second-order valence-electron chi connectivity index (χ2n) is 4.49. The number of rotatable bonds is 6. The number of anilines is 1. The van der Waals surface area contributed by atoms with Crippen LogP contribution in [0.1, 0.15) is 21.6 Å². The van der Waals surface area contributed by atoms with E-state index < -0.39 is 0 Å². The minimum atomic E-state index is -0.249. The molecule has 0 fully saturated rings. The molecule has 0 aliphatic carbocycles. The third-order valence-electron chi connectivity index (χ3n) is 2.90. The molecule has 0 spiro atoms. The zero-order valence-corrected chi connectivity index (χ0v) is 12.1. The lowest BCUT2D eigenvalue weighted by molar-refractivity contribution is 0.0957. The van der Waals surface area contributed by atoms with E-state index in [2.05, 4.69) is 26.9 Å². The average Bonchev–Trinajstić information content (AvgIpc) is 2.53. The van der Waals surface area contributed by atoms with E-state index in [1.165, 1.54) is 0 Å². The number of nitrogens with zero attached hydrogens (tertiary/aromatic N) is 2. The fourth-order valence-corrected chi connectivity index (χ4v) is 1.86. The third kappa shape index (κ3) is 4.25. The lowest BCUT2D eigenvalue weighted by atomic mass is 10.1. The summed E-state index contributed by atoms with van der Waals surface area (Å²) < 4.78 is 5.11. The molecule has 2 rings (SSSR count). The smallest absolute Gasteiger partial charge is 0.271 e. The molecule has 0 aliphatic heterocycles. The van der Waals surface area contributed by atoms with Gasteiger partial charge >= 0.3 is 0 Å². The normalized spacial score (nSPS) is 10.2. The number of hydrogen-bond donors (Lipinski definition) is 2. The van der Waals surface area contributed by atoms with Gasteiger partial charge in [-0.15, -0.1) is 10.2 Å². The molecular formula is C15H18N4O2. The van der Waals surface area contributed by atoms with Crippen LogP contribution < -0.4 is 10.6 Å². The molecule has 1 aromatic heterocycles. The molecule has 110 valence electrons. The summed E-state index contributed by atoms with van der Waals surface area (Å²) in [6.45, 7) is 1.22. The molecular weight excluding hydrogens is 268 g/mol. The fourth-order valence-electron chi connectivity index (χ4n) is 1.86. The van der Waals surface area contributed by atoms with E-state index in [4.69, 9.17) is 4.74 Å². The quantitative estimate of drug-likeness (QED) is 0.843. The molecule has 0 atom stereocenters. The molecule has 2 aromatic rings. The van der Waals surface area contributed by atoms with Crippen molar-refractivity contribution in [1.82, 2.24) is 15.5 Å². The second kappa shape index (κ2) is 7.35. The number of hydrogen-bond acceptors (Lipinski definition) is 5. The Balaban J connectivity index is 1.96. The van der Waals surface area contributed by atoms with Gasteiger partial charge in [0.15, 0.2) is 5.69 Å². The van der Waals surface area contributed by atoms with Crippen molar-refractivity contribution in [3.63, 3.8) is 0 Å². The summed E-state index contributed by atoms with van der Waals surface area (Å²) in [6, 6.07) is 11.5. The van der Waals surface area contributed by atoms with Crippen LogP contribution in [0.3, 0.4) is 0 Å². The highest BCUT2D eigenvalue weighted by molar-refractivity contribution is 5.91. The summed E-state index contributed by atoms with van der Waals surface area (Å²) in [5.41, 5.74) is 2.55. The van der Waals surface area contributed by atoms with E-state index in [0.29, 0.717) is 24.7 Å². The van der Waals surface area contributed by atoms with Crippen LogP contribution in [0.15, 0.2) is 36.4 Å². The molecule has 6 heteroatoms. The van der Waals surface area contributed by atoms with Gasteiger partial charge < -0.3 is 15.4 Å². The number of carbonyl (C=O) groups excluding carboxylic acids is 1. The Labute approximate surface area is 123 Å². The Hall–Kier alpha value is -2.47. The van der Waals surface area contributed by atoms with Gasteiger partial charge in [0.1, 0.15) is 5.82 Å². The number of aromatic nitrogens is 2. The first-order valence-electron chi connectivity index (χ1n) is 6.59. The van der Waals surface area contributed by atoms with Gasteiger partial charge in [-0.05, 0) is 23.3 Å². The number of methoxy groups -OCH3 is 1. The Morgan fingerprint density at radius 1 is 1.19 bits per heavy atom. The Morgan fingerprint density at radius 2 is 2.00 bits per heavy atom. The molecule has 1 heterocycles. The molecule has 0 saturated heterocycles. The van der Waals surface area contributed by atoms with Gasteiger partial charge in [-0.1, -0.05) is 24.3 Å². The molecule has 6 nitrogen and oxygen atoms in total. The highest BCUT2D eigenvalue weighted by Gasteiger charge is 2.05. The minimum absolute atomic E-state index is 0.249. The molecule has 0 aliphatic rings. The van der Waals surface area contributed by atoms with Crippen LogP contribution in [0.5, 0.6) is 0 Å². The molecule has 1 aromatic carbocycles. The second-order valence-corrected chi connectivity index (χ2v) is 4.49. The monoisotopic (exact) mass is 286 g/mol. The van der Waals surface area contributed by atoms with Crippen molar-refractivity contribution < 1.29 is 9.53 Å². The van der Waals surface area contributed by atoms with Gasteiger partial charge in [0.25, 0.3) is 5.91 Å². The SMILES string of the molecule is CNC(=O)c1ccc(NCc2cccc(COC)c2)nn1. The highest BCUT2D eigenvalue weighted by atomic mass is 16.5. The van der Waals surface area contributed by atoms with E-state index in [0.717, 1.165) is 11.1 Å². The summed E-state index contributed by atoms with van der Waals surface area (Å²) in [5, 5.41) is 13.5. The van der Waals surface area contributed by atoms with Gasteiger partial charge in [0.2, 0.25) is 0 Å². The summed E-state index contributed by atoms with van der Waals surface area (Å²) >= 11 is 0. The zero-order valence-electron chi connectivity index (χ0n) is 12.1. The van der Waals surface area contributed by atoms with Crippen molar-refractivity contribution in [1.29, 1.82) is 0 Å². The van der Waals surface area contributed by atoms with Crippen LogP contribution in [0.2, 0.25) is 0 Å². The maximum atomic E-state index is 11.4. The van der Waals surface area contributed by atoms with Crippen molar-refractivity contribution in [3.8, 4) is 0 Å². The molecule has 0 bridgehead atoms. The van der Waals surface area contributed by atoms with Gasteiger partial charge in [-0.3, -0.25) is 4.79 Å². The van der Waals surface area contributed by atoms with Crippen molar-refractivity contribution >= 4 is 11.7 Å².